The highest BCUT2D eigenvalue weighted by Crippen LogP contribution is 2.09. The number of aliphatic hydroxyl groups excluding tert-OH is 1. The van der Waals surface area contributed by atoms with Crippen LogP contribution >= 0.6 is 0 Å². The first-order valence-corrected chi connectivity index (χ1v) is 5.89. The van der Waals surface area contributed by atoms with E-state index in [1.807, 2.05) is 0 Å². The Hall–Kier alpha value is -2.22. The molecule has 0 saturated carbocycles. The van der Waals surface area contributed by atoms with Crippen molar-refractivity contribution in [1.29, 1.82) is 0 Å². The van der Waals surface area contributed by atoms with Gasteiger partial charge < -0.3 is 14.9 Å². The molecule has 1 heterocycles. The van der Waals surface area contributed by atoms with Crippen molar-refractivity contribution < 1.29 is 24.5 Å². The number of rotatable bonds is 4. The summed E-state index contributed by atoms with van der Waals surface area (Å²) >= 11 is 0. The summed E-state index contributed by atoms with van der Waals surface area (Å²) in [4.78, 5) is 29.6. The lowest BCUT2D eigenvalue weighted by Crippen LogP contribution is -2.27. The molecule has 0 spiro atoms. The van der Waals surface area contributed by atoms with Crippen molar-refractivity contribution in [3.63, 3.8) is 0 Å². The van der Waals surface area contributed by atoms with Gasteiger partial charge in [-0.25, -0.2) is 19.6 Å². The summed E-state index contributed by atoms with van der Waals surface area (Å²) in [7, 11) is 0. The van der Waals surface area contributed by atoms with E-state index < -0.39 is 23.8 Å². The first kappa shape index (κ1) is 15.8. The average molecular weight is 283 g/mol. The van der Waals surface area contributed by atoms with Crippen molar-refractivity contribution >= 4 is 18.0 Å². The summed E-state index contributed by atoms with van der Waals surface area (Å²) in [5, 5.41) is 20.1. The van der Waals surface area contributed by atoms with Gasteiger partial charge in [-0.1, -0.05) is 0 Å². The van der Waals surface area contributed by atoms with Gasteiger partial charge in [0.25, 0.3) is 0 Å². The molecule has 0 radical (unpaired) electrons. The lowest BCUT2D eigenvalue weighted by atomic mass is 10.1. The van der Waals surface area contributed by atoms with Gasteiger partial charge in [0.05, 0.1) is 0 Å². The number of ether oxygens (including phenoxy) is 1. The molecule has 1 unspecified atom stereocenters. The van der Waals surface area contributed by atoms with Crippen LogP contribution in [-0.4, -0.2) is 43.9 Å². The van der Waals surface area contributed by atoms with Gasteiger partial charge in [-0.15, -0.1) is 0 Å². The van der Waals surface area contributed by atoms with Gasteiger partial charge in [-0.05, 0) is 26.3 Å². The van der Waals surface area contributed by atoms with Crippen molar-refractivity contribution in [2.24, 2.45) is 0 Å². The number of nitrogens with one attached hydrogen (secondary N) is 1. The predicted molar refractivity (Wildman–Crippen MR) is 69.2 cm³/mol. The van der Waals surface area contributed by atoms with Crippen LogP contribution in [0.1, 0.15) is 26.3 Å². The van der Waals surface area contributed by atoms with Crippen molar-refractivity contribution in [3.05, 3.63) is 18.0 Å². The molecule has 0 bridgehead atoms. The number of aliphatic hydroxyl groups is 1. The number of carbonyl (C=O) groups excluding carboxylic acids is 1. The van der Waals surface area contributed by atoms with Gasteiger partial charge in [0.1, 0.15) is 5.60 Å². The number of anilines is 1. The SMILES string of the molecule is CC(C)(C)OC(=O)Nc1ncc(CC(O)C(=O)O)cn1. The Labute approximate surface area is 115 Å². The summed E-state index contributed by atoms with van der Waals surface area (Å²) in [6.07, 6.45) is 0.346. The normalized spacial score (nSPS) is 12.6. The minimum absolute atomic E-state index is 0.0350. The zero-order valence-corrected chi connectivity index (χ0v) is 11.5. The molecule has 1 amide bonds. The zero-order valence-electron chi connectivity index (χ0n) is 11.5. The van der Waals surface area contributed by atoms with Gasteiger partial charge >= 0.3 is 12.1 Å². The van der Waals surface area contributed by atoms with E-state index in [9.17, 15) is 14.7 Å². The summed E-state index contributed by atoms with van der Waals surface area (Å²) in [5.74, 6) is -1.28. The standard InChI is InChI=1S/C12H17N3O5/c1-12(2,3)20-11(19)15-10-13-5-7(6-14-10)4-8(16)9(17)18/h5-6,8,16H,4H2,1-3H3,(H,17,18)(H,13,14,15,19). The minimum atomic E-state index is -1.51. The number of hydrogen-bond donors (Lipinski definition) is 3. The lowest BCUT2D eigenvalue weighted by Gasteiger charge is -2.19. The molecule has 1 atom stereocenters. The second-order valence-electron chi connectivity index (χ2n) is 5.10. The van der Waals surface area contributed by atoms with Crippen LogP contribution in [-0.2, 0) is 16.0 Å². The first-order valence-electron chi connectivity index (χ1n) is 5.89. The molecule has 0 aliphatic carbocycles. The molecular formula is C12H17N3O5. The Kier molecular flexibility index (Phi) is 4.98. The minimum Gasteiger partial charge on any atom is -0.479 e. The van der Waals surface area contributed by atoms with Crippen LogP contribution in [0.15, 0.2) is 12.4 Å². The molecule has 3 N–H and O–H groups in total. The summed E-state index contributed by atoms with van der Waals surface area (Å²) < 4.78 is 5.02. The lowest BCUT2D eigenvalue weighted by molar-refractivity contribution is -0.146. The molecule has 0 aliphatic heterocycles. The Bertz CT molecular complexity index is 481. The van der Waals surface area contributed by atoms with Crippen LogP contribution < -0.4 is 5.32 Å². The molecule has 0 saturated heterocycles. The quantitative estimate of drug-likeness (QED) is 0.747. The number of carboxylic acid groups (broad SMARTS) is 1. The molecule has 20 heavy (non-hydrogen) atoms. The highest BCUT2D eigenvalue weighted by atomic mass is 16.6. The fraction of sp³-hybridized carbons (Fsp3) is 0.500. The zero-order chi connectivity index (χ0) is 15.3. The molecule has 0 aliphatic rings. The average Bonchev–Trinajstić information content (AvgIpc) is 2.28. The fourth-order valence-corrected chi connectivity index (χ4v) is 1.23. The highest BCUT2D eigenvalue weighted by Gasteiger charge is 2.17. The molecule has 8 heteroatoms. The largest absolute Gasteiger partial charge is 0.479 e. The van der Waals surface area contributed by atoms with E-state index in [4.69, 9.17) is 9.84 Å². The molecule has 1 aromatic rings. The monoisotopic (exact) mass is 283 g/mol. The smallest absolute Gasteiger partial charge is 0.414 e. The van der Waals surface area contributed by atoms with E-state index in [1.165, 1.54) is 12.4 Å². The van der Waals surface area contributed by atoms with Crippen molar-refractivity contribution in [2.45, 2.75) is 38.9 Å². The van der Waals surface area contributed by atoms with Gasteiger partial charge in [0, 0.05) is 18.8 Å². The Morgan fingerprint density at radius 3 is 2.35 bits per heavy atom. The first-order chi connectivity index (χ1) is 9.17. The molecule has 1 rings (SSSR count). The van der Waals surface area contributed by atoms with E-state index in [0.717, 1.165) is 0 Å². The summed E-state index contributed by atoms with van der Waals surface area (Å²) in [6.45, 7) is 5.18. The van der Waals surface area contributed by atoms with E-state index in [1.54, 1.807) is 20.8 Å². The molecule has 0 aromatic carbocycles. The van der Waals surface area contributed by atoms with Crippen molar-refractivity contribution in [3.8, 4) is 0 Å². The van der Waals surface area contributed by atoms with Gasteiger partial charge in [-0.2, -0.15) is 0 Å². The number of hydrogen-bond acceptors (Lipinski definition) is 6. The van der Waals surface area contributed by atoms with Crippen LogP contribution in [0.4, 0.5) is 10.7 Å². The summed E-state index contributed by atoms with van der Waals surface area (Å²) in [5.41, 5.74) is -0.190. The molecule has 110 valence electrons. The molecular weight excluding hydrogens is 266 g/mol. The fourth-order valence-electron chi connectivity index (χ4n) is 1.23. The number of carboxylic acids is 1. The van der Waals surface area contributed by atoms with Crippen molar-refractivity contribution in [2.75, 3.05) is 5.32 Å². The van der Waals surface area contributed by atoms with Gasteiger partial charge in [0.2, 0.25) is 5.95 Å². The van der Waals surface area contributed by atoms with E-state index in [-0.39, 0.29) is 12.4 Å². The maximum absolute atomic E-state index is 11.4. The second-order valence-corrected chi connectivity index (χ2v) is 5.10. The van der Waals surface area contributed by atoms with E-state index in [0.29, 0.717) is 5.56 Å². The third-order valence-electron chi connectivity index (χ3n) is 2.03. The number of carbonyl (C=O) groups is 2. The van der Waals surface area contributed by atoms with Gasteiger partial charge in [0.15, 0.2) is 6.10 Å². The Balaban J connectivity index is 2.59. The Morgan fingerprint density at radius 1 is 1.35 bits per heavy atom. The van der Waals surface area contributed by atoms with Crippen LogP contribution in [0, 0.1) is 0 Å². The number of aromatic nitrogens is 2. The second kappa shape index (κ2) is 6.29. The maximum Gasteiger partial charge on any atom is 0.414 e. The number of nitrogens with zero attached hydrogens (tertiary/aromatic N) is 2. The van der Waals surface area contributed by atoms with Crippen LogP contribution in [0.3, 0.4) is 0 Å². The molecule has 1 aromatic heterocycles. The number of aliphatic carboxylic acids is 1. The van der Waals surface area contributed by atoms with Gasteiger partial charge in [-0.3, -0.25) is 5.32 Å². The third kappa shape index (κ3) is 5.61. The van der Waals surface area contributed by atoms with E-state index >= 15 is 0 Å². The highest BCUT2D eigenvalue weighted by molar-refractivity contribution is 5.82. The Morgan fingerprint density at radius 2 is 1.90 bits per heavy atom. The van der Waals surface area contributed by atoms with Crippen LogP contribution in [0.5, 0.6) is 0 Å². The topological polar surface area (TPSA) is 122 Å². The molecule has 8 nitrogen and oxygen atoms in total. The maximum atomic E-state index is 11.4. The van der Waals surface area contributed by atoms with Crippen LogP contribution in [0.25, 0.3) is 0 Å². The summed E-state index contributed by atoms with van der Waals surface area (Å²) in [6, 6.07) is 0. The van der Waals surface area contributed by atoms with E-state index in [2.05, 4.69) is 15.3 Å². The third-order valence-corrected chi connectivity index (χ3v) is 2.03. The van der Waals surface area contributed by atoms with Crippen molar-refractivity contribution in [1.82, 2.24) is 9.97 Å². The van der Waals surface area contributed by atoms with Crippen LogP contribution in [0.2, 0.25) is 0 Å². The molecule has 0 fully saturated rings. The number of amides is 1. The predicted octanol–water partition coefficient (Wildman–Crippen LogP) is 0.812.